The van der Waals surface area contributed by atoms with Crippen molar-refractivity contribution in [3.05, 3.63) is 45.5 Å². The monoisotopic (exact) mass is 348 g/mol. The van der Waals surface area contributed by atoms with Gasteiger partial charge in [-0.05, 0) is 24.6 Å². The fourth-order valence-electron chi connectivity index (χ4n) is 1.70. The molecular formula is C13H14Cl2N2O3S. The van der Waals surface area contributed by atoms with Crippen molar-refractivity contribution >= 4 is 34.0 Å². The molecule has 0 aliphatic heterocycles. The summed E-state index contributed by atoms with van der Waals surface area (Å²) >= 11 is 11.9. The molecule has 0 aliphatic carbocycles. The summed E-state index contributed by atoms with van der Waals surface area (Å²) in [5.41, 5.74) is 0.850. The van der Waals surface area contributed by atoms with E-state index in [1.807, 2.05) is 13.0 Å². The molecule has 0 saturated carbocycles. The molecule has 0 fully saturated rings. The van der Waals surface area contributed by atoms with Gasteiger partial charge in [0.25, 0.3) is 5.89 Å². The van der Waals surface area contributed by atoms with Crippen LogP contribution < -0.4 is 0 Å². The third-order valence-corrected chi connectivity index (χ3v) is 5.20. The zero-order chi connectivity index (χ0) is 15.4. The van der Waals surface area contributed by atoms with E-state index in [9.17, 15) is 4.21 Å². The lowest BCUT2D eigenvalue weighted by molar-refractivity contribution is 0.151. The molecule has 5 nitrogen and oxygen atoms in total. The molecule has 2 aromatic rings. The maximum atomic E-state index is 12.4. The topological polar surface area (TPSA) is 65.2 Å². The van der Waals surface area contributed by atoms with Crippen LogP contribution in [0.4, 0.5) is 0 Å². The van der Waals surface area contributed by atoms with E-state index in [4.69, 9.17) is 32.5 Å². The van der Waals surface area contributed by atoms with Gasteiger partial charge in [-0.2, -0.15) is 4.98 Å². The lowest BCUT2D eigenvalue weighted by atomic mass is 10.2. The molecule has 1 aromatic carbocycles. The van der Waals surface area contributed by atoms with Crippen molar-refractivity contribution in [3.63, 3.8) is 0 Å². The SMILES string of the molecule is COCc1nc(C[S@](=O)[C@H](C)c2ccc(Cl)c(Cl)c2)no1. The first-order valence-corrected chi connectivity index (χ1v) is 8.27. The van der Waals surface area contributed by atoms with Crippen LogP contribution >= 0.6 is 23.2 Å². The third kappa shape index (κ3) is 4.26. The molecule has 114 valence electrons. The van der Waals surface area contributed by atoms with E-state index < -0.39 is 10.8 Å². The zero-order valence-electron chi connectivity index (χ0n) is 11.5. The first kappa shape index (κ1) is 16.4. The van der Waals surface area contributed by atoms with E-state index in [2.05, 4.69) is 10.1 Å². The van der Waals surface area contributed by atoms with Gasteiger partial charge in [-0.15, -0.1) is 0 Å². The molecule has 0 amide bonds. The highest BCUT2D eigenvalue weighted by Crippen LogP contribution is 2.28. The Balaban J connectivity index is 2.06. The summed E-state index contributed by atoms with van der Waals surface area (Å²) in [6.07, 6.45) is 0. The van der Waals surface area contributed by atoms with E-state index in [1.54, 1.807) is 12.1 Å². The normalized spacial score (nSPS) is 14.1. The Morgan fingerprint density at radius 2 is 2.14 bits per heavy atom. The highest BCUT2D eigenvalue weighted by molar-refractivity contribution is 7.84. The average Bonchev–Trinajstić information content (AvgIpc) is 2.88. The van der Waals surface area contributed by atoms with Crippen LogP contribution in [-0.2, 0) is 27.9 Å². The van der Waals surface area contributed by atoms with Crippen LogP contribution in [0.5, 0.6) is 0 Å². The predicted molar refractivity (Wildman–Crippen MR) is 81.7 cm³/mol. The van der Waals surface area contributed by atoms with Crippen LogP contribution in [0.1, 0.15) is 29.5 Å². The maximum Gasteiger partial charge on any atom is 0.252 e. The van der Waals surface area contributed by atoms with Crippen molar-refractivity contribution < 1.29 is 13.5 Å². The van der Waals surface area contributed by atoms with Crippen molar-refractivity contribution in [1.29, 1.82) is 0 Å². The smallest absolute Gasteiger partial charge is 0.252 e. The molecule has 0 unspecified atom stereocenters. The molecule has 2 atom stereocenters. The van der Waals surface area contributed by atoms with Gasteiger partial charge in [0, 0.05) is 17.9 Å². The number of hydrogen-bond donors (Lipinski definition) is 0. The number of nitrogens with zero attached hydrogens (tertiary/aromatic N) is 2. The van der Waals surface area contributed by atoms with Gasteiger partial charge in [0.15, 0.2) is 5.82 Å². The summed E-state index contributed by atoms with van der Waals surface area (Å²) in [5, 5.41) is 4.48. The van der Waals surface area contributed by atoms with Gasteiger partial charge in [-0.25, -0.2) is 0 Å². The van der Waals surface area contributed by atoms with Crippen LogP contribution in [0.25, 0.3) is 0 Å². The molecule has 2 rings (SSSR count). The summed E-state index contributed by atoms with van der Waals surface area (Å²) in [6.45, 7) is 2.09. The molecule has 0 saturated heterocycles. The molecule has 0 N–H and O–H groups in total. The second kappa shape index (κ2) is 7.35. The number of rotatable bonds is 6. The Morgan fingerprint density at radius 3 is 2.81 bits per heavy atom. The maximum absolute atomic E-state index is 12.4. The summed E-state index contributed by atoms with van der Waals surface area (Å²) in [5.74, 6) is 0.966. The van der Waals surface area contributed by atoms with Gasteiger partial charge >= 0.3 is 0 Å². The minimum atomic E-state index is -1.20. The van der Waals surface area contributed by atoms with Gasteiger partial charge in [0.1, 0.15) is 6.61 Å². The highest BCUT2D eigenvalue weighted by Gasteiger charge is 2.18. The van der Waals surface area contributed by atoms with Crippen molar-refractivity contribution in [3.8, 4) is 0 Å². The number of halogens is 2. The van der Waals surface area contributed by atoms with Crippen molar-refractivity contribution in [2.24, 2.45) is 0 Å². The van der Waals surface area contributed by atoms with Gasteiger partial charge in [0.05, 0.1) is 21.0 Å². The molecule has 0 spiro atoms. The minimum absolute atomic E-state index is 0.203. The van der Waals surface area contributed by atoms with E-state index >= 15 is 0 Å². The fourth-order valence-corrected chi connectivity index (χ4v) is 3.08. The fraction of sp³-hybridized carbons (Fsp3) is 0.385. The number of methoxy groups -OCH3 is 1. The minimum Gasteiger partial charge on any atom is -0.375 e. The highest BCUT2D eigenvalue weighted by atomic mass is 35.5. The molecule has 0 radical (unpaired) electrons. The summed E-state index contributed by atoms with van der Waals surface area (Å²) in [4.78, 5) is 4.10. The van der Waals surface area contributed by atoms with Gasteiger partial charge in [0.2, 0.25) is 0 Å². The summed E-state index contributed by atoms with van der Waals surface area (Å²) < 4.78 is 22.2. The Bertz CT molecular complexity index is 648. The average molecular weight is 349 g/mol. The van der Waals surface area contributed by atoms with E-state index in [0.29, 0.717) is 21.8 Å². The van der Waals surface area contributed by atoms with Gasteiger partial charge in [-0.1, -0.05) is 34.4 Å². The van der Waals surface area contributed by atoms with E-state index in [1.165, 1.54) is 7.11 Å². The van der Waals surface area contributed by atoms with Crippen molar-refractivity contribution in [2.75, 3.05) is 7.11 Å². The Labute approximate surface area is 135 Å². The predicted octanol–water partition coefficient (Wildman–Crippen LogP) is 3.53. The molecule has 0 bridgehead atoms. The molecular weight excluding hydrogens is 335 g/mol. The first-order valence-electron chi connectivity index (χ1n) is 6.13. The number of aromatic nitrogens is 2. The van der Waals surface area contributed by atoms with E-state index in [-0.39, 0.29) is 17.6 Å². The van der Waals surface area contributed by atoms with Gasteiger partial charge in [-0.3, -0.25) is 4.21 Å². The Hall–Kier alpha value is -0.950. The number of ether oxygens (including phenoxy) is 1. The molecule has 1 aromatic heterocycles. The molecule has 21 heavy (non-hydrogen) atoms. The molecule has 8 heteroatoms. The first-order chi connectivity index (χ1) is 10.0. The van der Waals surface area contributed by atoms with Crippen LogP contribution in [0.2, 0.25) is 10.0 Å². The van der Waals surface area contributed by atoms with Crippen molar-refractivity contribution in [2.45, 2.75) is 24.5 Å². The summed E-state index contributed by atoms with van der Waals surface area (Å²) in [7, 11) is 0.336. The van der Waals surface area contributed by atoms with Crippen LogP contribution in [0, 0.1) is 0 Å². The Morgan fingerprint density at radius 1 is 1.38 bits per heavy atom. The van der Waals surface area contributed by atoms with Crippen LogP contribution in [0.3, 0.4) is 0 Å². The summed E-state index contributed by atoms with van der Waals surface area (Å²) in [6, 6.07) is 5.22. The molecule has 1 heterocycles. The quantitative estimate of drug-likeness (QED) is 0.798. The van der Waals surface area contributed by atoms with E-state index in [0.717, 1.165) is 5.56 Å². The second-order valence-corrected chi connectivity index (χ2v) is 6.95. The van der Waals surface area contributed by atoms with Crippen LogP contribution in [-0.4, -0.2) is 21.5 Å². The van der Waals surface area contributed by atoms with Crippen molar-refractivity contribution in [1.82, 2.24) is 10.1 Å². The van der Waals surface area contributed by atoms with Crippen LogP contribution in [0.15, 0.2) is 22.7 Å². The van der Waals surface area contributed by atoms with Gasteiger partial charge < -0.3 is 9.26 Å². The Kier molecular flexibility index (Phi) is 5.75. The largest absolute Gasteiger partial charge is 0.375 e. The second-order valence-electron chi connectivity index (χ2n) is 4.38. The number of benzene rings is 1. The standard InChI is InChI=1S/C13H14Cl2N2O3S/c1-8(9-3-4-10(14)11(15)5-9)21(18)7-12-16-13(6-19-2)20-17-12/h3-5,8H,6-7H2,1-2H3/t8-,21+/m1/s1. The molecule has 0 aliphatic rings. The lowest BCUT2D eigenvalue weighted by Gasteiger charge is -2.11. The lowest BCUT2D eigenvalue weighted by Crippen LogP contribution is -2.06. The zero-order valence-corrected chi connectivity index (χ0v) is 13.8. The third-order valence-electron chi connectivity index (χ3n) is 2.86. The number of hydrogen-bond acceptors (Lipinski definition) is 5.